The summed E-state index contributed by atoms with van der Waals surface area (Å²) in [5, 5.41) is 19.6. The Kier molecular flexibility index (Phi) is 1.74. The molecule has 1 N–H and O–H groups in total. The van der Waals surface area contributed by atoms with Gasteiger partial charge in [-0.3, -0.25) is 10.1 Å². The molecule has 0 bridgehead atoms. The molecule has 1 aromatic heterocycles. The van der Waals surface area contributed by atoms with Crippen LogP contribution in [0.4, 0.5) is 5.69 Å². The third-order valence-corrected chi connectivity index (χ3v) is 1.74. The molecule has 0 unspecified atom stereocenters. The molecule has 0 amide bonds. The molecule has 2 aromatic rings. The van der Waals surface area contributed by atoms with Gasteiger partial charge < -0.3 is 5.11 Å². The molecule has 1 heterocycles. The number of nitro groups is 1. The van der Waals surface area contributed by atoms with Crippen LogP contribution in [0.2, 0.25) is 0 Å². The van der Waals surface area contributed by atoms with E-state index in [0.29, 0.717) is 5.52 Å². The molecular weight excluding hydrogens is 186 g/mol. The Morgan fingerprint density at radius 2 is 2.21 bits per heavy atom. The van der Waals surface area contributed by atoms with Crippen LogP contribution >= 0.6 is 0 Å². The Morgan fingerprint density at radius 1 is 1.43 bits per heavy atom. The van der Waals surface area contributed by atoms with Gasteiger partial charge in [0.2, 0.25) is 5.88 Å². The lowest BCUT2D eigenvalue weighted by Gasteiger charge is -1.97. The van der Waals surface area contributed by atoms with Crippen LogP contribution in [-0.2, 0) is 0 Å². The van der Waals surface area contributed by atoms with Crippen LogP contribution in [-0.4, -0.2) is 20.0 Å². The van der Waals surface area contributed by atoms with Gasteiger partial charge in [-0.15, -0.1) is 0 Å². The molecule has 0 aliphatic heterocycles. The lowest BCUT2D eigenvalue weighted by Crippen LogP contribution is -1.92. The molecule has 0 aliphatic carbocycles. The summed E-state index contributed by atoms with van der Waals surface area (Å²) in [6, 6.07) is 4.43. The molecule has 0 radical (unpaired) electrons. The normalized spacial score (nSPS) is 10.3. The molecule has 70 valence electrons. The van der Waals surface area contributed by atoms with Crippen LogP contribution < -0.4 is 0 Å². The van der Waals surface area contributed by atoms with E-state index in [2.05, 4.69) is 9.97 Å². The summed E-state index contributed by atoms with van der Waals surface area (Å²) < 4.78 is 0. The summed E-state index contributed by atoms with van der Waals surface area (Å²) in [7, 11) is 0. The zero-order valence-corrected chi connectivity index (χ0v) is 6.91. The molecule has 0 spiro atoms. The summed E-state index contributed by atoms with van der Waals surface area (Å²) in [5.74, 6) is -0.327. The number of para-hydroxylation sites is 1. The highest BCUT2D eigenvalue weighted by molar-refractivity contribution is 5.83. The van der Waals surface area contributed by atoms with Gasteiger partial charge in [0.05, 0.1) is 16.6 Å². The van der Waals surface area contributed by atoms with Crippen molar-refractivity contribution in [3.05, 3.63) is 34.5 Å². The van der Waals surface area contributed by atoms with E-state index in [0.717, 1.165) is 6.20 Å². The van der Waals surface area contributed by atoms with Crippen molar-refractivity contribution >= 4 is 16.7 Å². The van der Waals surface area contributed by atoms with Gasteiger partial charge in [-0.1, -0.05) is 6.07 Å². The highest BCUT2D eigenvalue weighted by Crippen LogP contribution is 2.22. The third kappa shape index (κ3) is 1.22. The van der Waals surface area contributed by atoms with Gasteiger partial charge in [-0.25, -0.2) is 9.97 Å². The fourth-order valence-corrected chi connectivity index (χ4v) is 1.16. The summed E-state index contributed by atoms with van der Waals surface area (Å²) in [4.78, 5) is 17.5. The molecule has 6 heteroatoms. The average Bonchev–Trinajstić information content (AvgIpc) is 2.16. The van der Waals surface area contributed by atoms with Crippen molar-refractivity contribution in [2.45, 2.75) is 0 Å². The van der Waals surface area contributed by atoms with E-state index in [-0.39, 0.29) is 17.1 Å². The third-order valence-electron chi connectivity index (χ3n) is 1.74. The smallest absolute Gasteiger partial charge is 0.297 e. The minimum atomic E-state index is -0.559. The number of non-ortho nitro benzene ring substituents is 1. The number of aromatic nitrogens is 2. The Morgan fingerprint density at radius 3 is 2.93 bits per heavy atom. The minimum absolute atomic E-state index is 0.0949. The molecule has 6 nitrogen and oxygen atoms in total. The summed E-state index contributed by atoms with van der Waals surface area (Å²) >= 11 is 0. The Hall–Kier alpha value is -2.24. The average molecular weight is 191 g/mol. The van der Waals surface area contributed by atoms with Gasteiger partial charge in [-0.2, -0.15) is 0 Å². The van der Waals surface area contributed by atoms with E-state index >= 15 is 0 Å². The Bertz CT molecular complexity index is 512. The fourth-order valence-electron chi connectivity index (χ4n) is 1.16. The van der Waals surface area contributed by atoms with Crippen LogP contribution in [0.15, 0.2) is 24.4 Å². The molecule has 0 saturated carbocycles. The van der Waals surface area contributed by atoms with Gasteiger partial charge in [0.1, 0.15) is 0 Å². The van der Waals surface area contributed by atoms with E-state index in [1.54, 1.807) is 6.07 Å². The van der Waals surface area contributed by atoms with Gasteiger partial charge in [0, 0.05) is 6.07 Å². The molecule has 0 saturated heterocycles. The van der Waals surface area contributed by atoms with Gasteiger partial charge in [-0.05, 0) is 6.07 Å². The number of aromatic hydroxyl groups is 1. The zero-order valence-electron chi connectivity index (χ0n) is 6.91. The van der Waals surface area contributed by atoms with Crippen LogP contribution in [0.25, 0.3) is 11.0 Å². The molecule has 2 rings (SSSR count). The van der Waals surface area contributed by atoms with Gasteiger partial charge in [0.25, 0.3) is 5.69 Å². The summed E-state index contributed by atoms with van der Waals surface area (Å²) in [6.07, 6.45) is 1.14. The lowest BCUT2D eigenvalue weighted by molar-refractivity contribution is -0.383. The van der Waals surface area contributed by atoms with E-state index in [4.69, 9.17) is 5.11 Å². The fraction of sp³-hybridized carbons (Fsp3) is 0. The molecule has 0 aliphatic rings. The van der Waals surface area contributed by atoms with Crippen molar-refractivity contribution in [1.29, 1.82) is 0 Å². The first-order valence-electron chi connectivity index (χ1n) is 3.77. The first kappa shape index (κ1) is 8.36. The second kappa shape index (κ2) is 2.91. The topological polar surface area (TPSA) is 89.2 Å². The number of rotatable bonds is 1. The number of nitro benzene ring substituents is 1. The largest absolute Gasteiger partial charge is 0.492 e. The number of hydrogen-bond donors (Lipinski definition) is 1. The maximum absolute atomic E-state index is 10.6. The second-order valence-corrected chi connectivity index (χ2v) is 2.63. The number of benzene rings is 1. The number of hydrogen-bond acceptors (Lipinski definition) is 5. The maximum atomic E-state index is 10.6. The first-order chi connectivity index (χ1) is 6.68. The monoisotopic (exact) mass is 191 g/mol. The van der Waals surface area contributed by atoms with E-state index in [9.17, 15) is 10.1 Å². The molecule has 0 atom stereocenters. The van der Waals surface area contributed by atoms with Crippen LogP contribution in [0.3, 0.4) is 0 Å². The van der Waals surface area contributed by atoms with Crippen molar-refractivity contribution in [3.63, 3.8) is 0 Å². The predicted octanol–water partition coefficient (Wildman–Crippen LogP) is 1.24. The van der Waals surface area contributed by atoms with E-state index in [1.165, 1.54) is 12.1 Å². The highest BCUT2D eigenvalue weighted by Gasteiger charge is 2.13. The first-order valence-corrected chi connectivity index (χ1v) is 3.77. The second-order valence-electron chi connectivity index (χ2n) is 2.63. The standard InChI is InChI=1S/C8H5N3O3/c12-7-4-9-5-2-1-3-6(11(13)14)8(5)10-7/h1-4H,(H,10,12). The highest BCUT2D eigenvalue weighted by atomic mass is 16.6. The van der Waals surface area contributed by atoms with Crippen LogP contribution in [0.5, 0.6) is 5.88 Å². The summed E-state index contributed by atoms with van der Waals surface area (Å²) in [6.45, 7) is 0. The van der Waals surface area contributed by atoms with Crippen molar-refractivity contribution in [2.24, 2.45) is 0 Å². The minimum Gasteiger partial charge on any atom is -0.492 e. The van der Waals surface area contributed by atoms with Crippen molar-refractivity contribution in [1.82, 2.24) is 9.97 Å². The van der Waals surface area contributed by atoms with Crippen LogP contribution in [0.1, 0.15) is 0 Å². The molecule has 0 fully saturated rings. The number of fused-ring (bicyclic) bond motifs is 1. The number of nitrogens with zero attached hydrogens (tertiary/aromatic N) is 3. The SMILES string of the molecule is O=[N+]([O-])c1cccc2ncc(O)nc12. The molecule has 1 aromatic carbocycles. The lowest BCUT2D eigenvalue weighted by atomic mass is 10.2. The maximum Gasteiger partial charge on any atom is 0.297 e. The van der Waals surface area contributed by atoms with Crippen molar-refractivity contribution in [3.8, 4) is 5.88 Å². The van der Waals surface area contributed by atoms with Crippen molar-refractivity contribution < 1.29 is 10.0 Å². The Balaban J connectivity index is 2.84. The molecular formula is C8H5N3O3. The summed E-state index contributed by atoms with van der Waals surface area (Å²) in [5.41, 5.74) is 0.320. The van der Waals surface area contributed by atoms with Crippen molar-refractivity contribution in [2.75, 3.05) is 0 Å². The van der Waals surface area contributed by atoms with E-state index < -0.39 is 4.92 Å². The van der Waals surface area contributed by atoms with Crippen LogP contribution in [0, 0.1) is 10.1 Å². The van der Waals surface area contributed by atoms with Gasteiger partial charge in [0.15, 0.2) is 5.52 Å². The molecule has 14 heavy (non-hydrogen) atoms. The predicted molar refractivity (Wildman–Crippen MR) is 47.9 cm³/mol. The van der Waals surface area contributed by atoms with Gasteiger partial charge >= 0.3 is 0 Å². The van der Waals surface area contributed by atoms with E-state index in [1.807, 2.05) is 0 Å². The zero-order chi connectivity index (χ0) is 10.1. The Labute approximate surface area is 78.0 Å². The quantitative estimate of drug-likeness (QED) is 0.541.